The molecule has 4 nitrogen and oxygen atoms in total. The Bertz CT molecular complexity index is 351. The first-order chi connectivity index (χ1) is 7.44. The number of pyridine rings is 1. The highest BCUT2D eigenvalue weighted by atomic mass is 16.3. The fraction of sp³-hybridized carbons (Fsp3) is 0.583. The lowest BCUT2D eigenvalue weighted by Crippen LogP contribution is -2.39. The molecule has 1 aromatic rings. The maximum atomic E-state index is 9.61. The van der Waals surface area contributed by atoms with Gasteiger partial charge in [-0.3, -0.25) is 4.98 Å². The van der Waals surface area contributed by atoms with Crippen molar-refractivity contribution in [2.45, 2.75) is 39.3 Å². The molecule has 3 N–H and O–H groups in total. The van der Waals surface area contributed by atoms with Gasteiger partial charge < -0.3 is 15.5 Å². The highest BCUT2D eigenvalue weighted by Gasteiger charge is 2.16. The van der Waals surface area contributed by atoms with Gasteiger partial charge in [-0.15, -0.1) is 0 Å². The van der Waals surface area contributed by atoms with Crippen LogP contribution in [0, 0.1) is 6.92 Å². The average molecular weight is 224 g/mol. The summed E-state index contributed by atoms with van der Waals surface area (Å²) in [5.74, 6) is 0.206. The number of nitrogens with one attached hydrogen (secondary N) is 1. The van der Waals surface area contributed by atoms with E-state index >= 15 is 0 Å². The number of nitrogens with zero attached hydrogens (tertiary/aromatic N) is 1. The minimum Gasteiger partial charge on any atom is -0.506 e. The zero-order valence-electron chi connectivity index (χ0n) is 10.1. The predicted molar refractivity (Wildman–Crippen MR) is 63.3 cm³/mol. The van der Waals surface area contributed by atoms with Crippen molar-refractivity contribution in [1.29, 1.82) is 0 Å². The Morgan fingerprint density at radius 2 is 2.06 bits per heavy atom. The lowest BCUT2D eigenvalue weighted by molar-refractivity contribution is 0.229. The lowest BCUT2D eigenvalue weighted by atomic mass is 10.0. The second kappa shape index (κ2) is 5.27. The lowest BCUT2D eigenvalue weighted by Gasteiger charge is -2.25. The summed E-state index contributed by atoms with van der Waals surface area (Å²) in [4.78, 5) is 4.26. The quantitative estimate of drug-likeness (QED) is 0.706. The van der Waals surface area contributed by atoms with E-state index in [-0.39, 0.29) is 17.9 Å². The molecular weight excluding hydrogens is 204 g/mol. The van der Waals surface area contributed by atoms with E-state index in [1.54, 1.807) is 12.1 Å². The molecule has 0 bridgehead atoms. The van der Waals surface area contributed by atoms with Gasteiger partial charge in [0.2, 0.25) is 0 Å². The van der Waals surface area contributed by atoms with Crippen LogP contribution in [0.15, 0.2) is 12.1 Å². The number of aromatic nitrogens is 1. The van der Waals surface area contributed by atoms with Crippen molar-refractivity contribution in [3.63, 3.8) is 0 Å². The van der Waals surface area contributed by atoms with Crippen molar-refractivity contribution in [2.75, 3.05) is 6.61 Å². The first kappa shape index (κ1) is 12.9. The van der Waals surface area contributed by atoms with E-state index in [1.165, 1.54) is 0 Å². The van der Waals surface area contributed by atoms with Crippen molar-refractivity contribution >= 4 is 0 Å². The monoisotopic (exact) mass is 224 g/mol. The van der Waals surface area contributed by atoms with E-state index < -0.39 is 0 Å². The van der Waals surface area contributed by atoms with Crippen LogP contribution in [-0.4, -0.2) is 27.3 Å². The highest BCUT2D eigenvalue weighted by Crippen LogP contribution is 2.16. The van der Waals surface area contributed by atoms with E-state index in [4.69, 9.17) is 5.11 Å². The van der Waals surface area contributed by atoms with E-state index in [9.17, 15) is 5.11 Å². The Kier molecular flexibility index (Phi) is 4.26. The average Bonchev–Trinajstić information content (AvgIpc) is 2.19. The highest BCUT2D eigenvalue weighted by molar-refractivity contribution is 5.27. The summed E-state index contributed by atoms with van der Waals surface area (Å²) in [6.07, 6.45) is 0.666. The number of rotatable bonds is 5. The molecule has 1 rings (SSSR count). The standard InChI is InChI=1S/C12H20N2O2/c1-9-4-5-11(16)10(14-9)8-13-12(2,3)6-7-15/h4-5,13,15-16H,6-8H2,1-3H3. The molecule has 16 heavy (non-hydrogen) atoms. The molecular formula is C12H20N2O2. The summed E-state index contributed by atoms with van der Waals surface area (Å²) in [5, 5.41) is 21.8. The second-order valence-electron chi connectivity index (χ2n) is 4.63. The molecule has 0 aliphatic heterocycles. The van der Waals surface area contributed by atoms with Gasteiger partial charge in [-0.2, -0.15) is 0 Å². The summed E-state index contributed by atoms with van der Waals surface area (Å²) in [6.45, 7) is 6.56. The Labute approximate surface area is 96.3 Å². The molecule has 0 saturated carbocycles. The normalized spacial score (nSPS) is 11.8. The van der Waals surface area contributed by atoms with Crippen LogP contribution in [0.25, 0.3) is 0 Å². The van der Waals surface area contributed by atoms with E-state index in [1.807, 2.05) is 20.8 Å². The van der Waals surface area contributed by atoms with Gasteiger partial charge in [-0.25, -0.2) is 0 Å². The van der Waals surface area contributed by atoms with Crippen molar-refractivity contribution < 1.29 is 10.2 Å². The molecule has 0 unspecified atom stereocenters. The number of aryl methyl sites for hydroxylation is 1. The summed E-state index contributed by atoms with van der Waals surface area (Å²) in [5.41, 5.74) is 1.37. The molecule has 0 amide bonds. The van der Waals surface area contributed by atoms with Crippen LogP contribution in [0.2, 0.25) is 0 Å². The van der Waals surface area contributed by atoms with Crippen LogP contribution in [0.1, 0.15) is 31.7 Å². The number of aliphatic hydroxyl groups is 1. The predicted octanol–water partition coefficient (Wildman–Crippen LogP) is 1.35. The SMILES string of the molecule is Cc1ccc(O)c(CNC(C)(C)CCO)n1. The Morgan fingerprint density at radius 3 is 2.69 bits per heavy atom. The van der Waals surface area contributed by atoms with E-state index in [0.717, 1.165) is 5.69 Å². The molecule has 0 saturated heterocycles. The van der Waals surface area contributed by atoms with Gasteiger partial charge in [0.25, 0.3) is 0 Å². The molecule has 90 valence electrons. The van der Waals surface area contributed by atoms with E-state index in [2.05, 4.69) is 10.3 Å². The zero-order valence-corrected chi connectivity index (χ0v) is 10.1. The van der Waals surface area contributed by atoms with Crippen LogP contribution in [0.3, 0.4) is 0 Å². The Morgan fingerprint density at radius 1 is 1.38 bits per heavy atom. The zero-order chi connectivity index (χ0) is 12.2. The van der Waals surface area contributed by atoms with Gasteiger partial charge in [0, 0.05) is 24.4 Å². The van der Waals surface area contributed by atoms with E-state index in [0.29, 0.717) is 18.7 Å². The summed E-state index contributed by atoms with van der Waals surface area (Å²) in [7, 11) is 0. The molecule has 1 aromatic heterocycles. The number of hydrogen-bond donors (Lipinski definition) is 3. The molecule has 0 spiro atoms. The molecule has 0 atom stereocenters. The molecule has 4 heteroatoms. The fourth-order valence-electron chi connectivity index (χ4n) is 1.42. The van der Waals surface area contributed by atoms with Gasteiger partial charge >= 0.3 is 0 Å². The van der Waals surface area contributed by atoms with Crippen LogP contribution >= 0.6 is 0 Å². The van der Waals surface area contributed by atoms with Crippen LogP contribution in [0.5, 0.6) is 5.75 Å². The third kappa shape index (κ3) is 3.79. The maximum absolute atomic E-state index is 9.61. The second-order valence-corrected chi connectivity index (χ2v) is 4.63. The molecule has 0 radical (unpaired) electrons. The van der Waals surface area contributed by atoms with Crippen LogP contribution in [-0.2, 0) is 6.54 Å². The first-order valence-electron chi connectivity index (χ1n) is 5.46. The maximum Gasteiger partial charge on any atom is 0.138 e. The minimum absolute atomic E-state index is 0.146. The van der Waals surface area contributed by atoms with Crippen LogP contribution < -0.4 is 5.32 Å². The number of aliphatic hydroxyl groups excluding tert-OH is 1. The Hall–Kier alpha value is -1.13. The smallest absolute Gasteiger partial charge is 0.138 e. The fourth-order valence-corrected chi connectivity index (χ4v) is 1.42. The summed E-state index contributed by atoms with van der Waals surface area (Å²) in [6, 6.07) is 3.43. The van der Waals surface area contributed by atoms with Gasteiger partial charge in [0.05, 0.1) is 5.69 Å². The molecule has 0 fully saturated rings. The van der Waals surface area contributed by atoms with Gasteiger partial charge in [-0.1, -0.05) is 0 Å². The molecule has 0 aromatic carbocycles. The topological polar surface area (TPSA) is 65.4 Å². The van der Waals surface area contributed by atoms with Crippen molar-refractivity contribution in [3.05, 3.63) is 23.5 Å². The third-order valence-electron chi connectivity index (χ3n) is 2.56. The molecule has 0 aliphatic rings. The number of aromatic hydroxyl groups is 1. The largest absolute Gasteiger partial charge is 0.506 e. The van der Waals surface area contributed by atoms with Crippen molar-refractivity contribution in [3.8, 4) is 5.75 Å². The van der Waals surface area contributed by atoms with Crippen molar-refractivity contribution in [2.24, 2.45) is 0 Å². The summed E-state index contributed by atoms with van der Waals surface area (Å²) >= 11 is 0. The number of hydrogen-bond acceptors (Lipinski definition) is 4. The van der Waals surface area contributed by atoms with Crippen LogP contribution in [0.4, 0.5) is 0 Å². The van der Waals surface area contributed by atoms with Crippen molar-refractivity contribution in [1.82, 2.24) is 10.3 Å². The summed E-state index contributed by atoms with van der Waals surface area (Å²) < 4.78 is 0. The Balaban J connectivity index is 2.63. The molecule has 0 aliphatic carbocycles. The first-order valence-corrected chi connectivity index (χ1v) is 5.46. The third-order valence-corrected chi connectivity index (χ3v) is 2.56. The van der Waals surface area contributed by atoms with Gasteiger partial charge in [-0.05, 0) is 39.3 Å². The van der Waals surface area contributed by atoms with Gasteiger partial charge in [0.15, 0.2) is 0 Å². The molecule has 1 heterocycles. The minimum atomic E-state index is -0.160. The van der Waals surface area contributed by atoms with Gasteiger partial charge in [0.1, 0.15) is 5.75 Å².